The summed E-state index contributed by atoms with van der Waals surface area (Å²) in [5.41, 5.74) is 2.28. The van der Waals surface area contributed by atoms with Crippen molar-refractivity contribution in [1.82, 2.24) is 10.6 Å². The average Bonchev–Trinajstić information content (AvgIpc) is 2.39. The van der Waals surface area contributed by atoms with Crippen LogP contribution in [0.1, 0.15) is 11.1 Å². The van der Waals surface area contributed by atoms with Gasteiger partial charge in [-0.15, -0.1) is 0 Å². The van der Waals surface area contributed by atoms with Gasteiger partial charge >= 0.3 is 0 Å². The van der Waals surface area contributed by atoms with Crippen LogP contribution in [0.5, 0.6) is 11.5 Å². The molecule has 0 unspecified atom stereocenters. The highest BCUT2D eigenvalue weighted by Gasteiger charge is 2.10. The highest BCUT2D eigenvalue weighted by molar-refractivity contribution is 5.49. The third kappa shape index (κ3) is 3.89. The van der Waals surface area contributed by atoms with Gasteiger partial charge in [0.25, 0.3) is 0 Å². The number of likely N-dealkylation sites (N-methyl/N-ethyl adjacent to an activating group) is 1. The lowest BCUT2D eigenvalue weighted by molar-refractivity contribution is 0.385. The predicted molar refractivity (Wildman–Crippen MR) is 74.8 cm³/mol. The molecule has 0 bridgehead atoms. The molecular formula is C14H24N2O2. The van der Waals surface area contributed by atoms with Gasteiger partial charge in [0, 0.05) is 18.7 Å². The molecule has 0 aliphatic heterocycles. The largest absolute Gasteiger partial charge is 0.496 e. The Kier molecular flexibility index (Phi) is 6.54. The normalized spacial score (nSPS) is 10.4. The number of methoxy groups -OCH3 is 2. The highest BCUT2D eigenvalue weighted by Crippen LogP contribution is 2.31. The molecule has 0 saturated heterocycles. The predicted octanol–water partition coefficient (Wildman–Crippen LogP) is 1.36. The zero-order valence-electron chi connectivity index (χ0n) is 11.8. The zero-order valence-corrected chi connectivity index (χ0v) is 11.8. The average molecular weight is 252 g/mol. The van der Waals surface area contributed by atoms with Gasteiger partial charge in [-0.1, -0.05) is 6.07 Å². The van der Waals surface area contributed by atoms with Crippen molar-refractivity contribution in [3.05, 3.63) is 23.3 Å². The summed E-state index contributed by atoms with van der Waals surface area (Å²) in [7, 11) is 5.35. The number of rotatable bonds is 8. The summed E-state index contributed by atoms with van der Waals surface area (Å²) in [6, 6.07) is 4.07. The summed E-state index contributed by atoms with van der Waals surface area (Å²) in [5, 5.41) is 6.49. The summed E-state index contributed by atoms with van der Waals surface area (Å²) in [5.74, 6) is 1.81. The second kappa shape index (κ2) is 7.95. The molecule has 4 nitrogen and oxygen atoms in total. The van der Waals surface area contributed by atoms with Crippen LogP contribution in [0, 0.1) is 6.92 Å². The summed E-state index contributed by atoms with van der Waals surface area (Å²) < 4.78 is 10.8. The zero-order chi connectivity index (χ0) is 13.4. The van der Waals surface area contributed by atoms with E-state index in [0.29, 0.717) is 0 Å². The number of nitrogens with one attached hydrogen (secondary N) is 2. The van der Waals surface area contributed by atoms with Crippen LogP contribution >= 0.6 is 0 Å². The number of ether oxygens (including phenoxy) is 2. The van der Waals surface area contributed by atoms with Gasteiger partial charge in [0.2, 0.25) is 0 Å². The molecule has 0 spiro atoms. The Morgan fingerprint density at radius 3 is 2.44 bits per heavy atom. The Labute approximate surface area is 110 Å². The van der Waals surface area contributed by atoms with E-state index < -0.39 is 0 Å². The summed E-state index contributed by atoms with van der Waals surface area (Å²) in [6.07, 6.45) is 0.956. The molecule has 1 aromatic carbocycles. The van der Waals surface area contributed by atoms with E-state index in [0.717, 1.165) is 43.1 Å². The molecule has 18 heavy (non-hydrogen) atoms. The summed E-state index contributed by atoms with van der Waals surface area (Å²) in [6.45, 7) is 4.94. The van der Waals surface area contributed by atoms with Crippen molar-refractivity contribution in [3.8, 4) is 11.5 Å². The Bertz CT molecular complexity index is 367. The van der Waals surface area contributed by atoms with Crippen LogP contribution in [0.2, 0.25) is 0 Å². The van der Waals surface area contributed by atoms with E-state index >= 15 is 0 Å². The third-order valence-corrected chi connectivity index (χ3v) is 2.98. The molecule has 0 heterocycles. The molecule has 0 amide bonds. The maximum Gasteiger partial charge on any atom is 0.128 e. The lowest BCUT2D eigenvalue weighted by Gasteiger charge is -2.14. The second-order valence-corrected chi connectivity index (χ2v) is 4.19. The van der Waals surface area contributed by atoms with Crippen LogP contribution in [-0.4, -0.2) is 40.9 Å². The van der Waals surface area contributed by atoms with E-state index in [-0.39, 0.29) is 0 Å². The maximum atomic E-state index is 5.48. The molecule has 0 aliphatic rings. The van der Waals surface area contributed by atoms with Crippen molar-refractivity contribution >= 4 is 0 Å². The van der Waals surface area contributed by atoms with Crippen LogP contribution in [0.25, 0.3) is 0 Å². The quantitative estimate of drug-likeness (QED) is 0.686. The number of hydrogen-bond acceptors (Lipinski definition) is 4. The molecular weight excluding hydrogens is 228 g/mol. The van der Waals surface area contributed by atoms with Gasteiger partial charge in [-0.2, -0.15) is 0 Å². The molecule has 0 fully saturated rings. The SMILES string of the molecule is CNCCNCCc1ccc(OC)c(C)c1OC. The molecule has 1 rings (SSSR count). The van der Waals surface area contributed by atoms with Crippen molar-refractivity contribution in [3.63, 3.8) is 0 Å². The first kappa shape index (κ1) is 14.8. The van der Waals surface area contributed by atoms with Gasteiger partial charge in [-0.25, -0.2) is 0 Å². The van der Waals surface area contributed by atoms with Crippen molar-refractivity contribution < 1.29 is 9.47 Å². The first-order valence-corrected chi connectivity index (χ1v) is 6.30. The fourth-order valence-electron chi connectivity index (χ4n) is 1.99. The fraction of sp³-hybridized carbons (Fsp3) is 0.571. The Balaban J connectivity index is 2.62. The molecule has 4 heteroatoms. The van der Waals surface area contributed by atoms with Crippen LogP contribution in [0.3, 0.4) is 0 Å². The molecule has 0 aromatic heterocycles. The fourth-order valence-corrected chi connectivity index (χ4v) is 1.99. The Morgan fingerprint density at radius 2 is 1.83 bits per heavy atom. The van der Waals surface area contributed by atoms with Gasteiger partial charge in [0.15, 0.2) is 0 Å². The van der Waals surface area contributed by atoms with E-state index in [1.165, 1.54) is 5.56 Å². The van der Waals surface area contributed by atoms with Crippen molar-refractivity contribution in [2.24, 2.45) is 0 Å². The standard InChI is InChI=1S/C14H24N2O2/c1-11-13(17-3)6-5-12(14(11)18-4)7-8-16-10-9-15-2/h5-6,15-16H,7-10H2,1-4H3. The van der Waals surface area contributed by atoms with Gasteiger partial charge in [-0.05, 0) is 38.6 Å². The molecule has 2 N–H and O–H groups in total. The van der Waals surface area contributed by atoms with Crippen molar-refractivity contribution in [2.45, 2.75) is 13.3 Å². The second-order valence-electron chi connectivity index (χ2n) is 4.19. The van der Waals surface area contributed by atoms with Crippen molar-refractivity contribution in [2.75, 3.05) is 40.9 Å². The van der Waals surface area contributed by atoms with Crippen LogP contribution in [-0.2, 0) is 6.42 Å². The topological polar surface area (TPSA) is 42.5 Å². The lowest BCUT2D eigenvalue weighted by Crippen LogP contribution is -2.26. The van der Waals surface area contributed by atoms with E-state index in [1.54, 1.807) is 14.2 Å². The minimum absolute atomic E-state index is 0.874. The van der Waals surface area contributed by atoms with Crippen molar-refractivity contribution in [1.29, 1.82) is 0 Å². The van der Waals surface area contributed by atoms with Crippen LogP contribution in [0.4, 0.5) is 0 Å². The molecule has 0 radical (unpaired) electrons. The van der Waals surface area contributed by atoms with Gasteiger partial charge in [-0.3, -0.25) is 0 Å². The Hall–Kier alpha value is -1.26. The lowest BCUT2D eigenvalue weighted by atomic mass is 10.1. The van der Waals surface area contributed by atoms with E-state index in [9.17, 15) is 0 Å². The molecule has 0 aliphatic carbocycles. The van der Waals surface area contributed by atoms with Gasteiger partial charge in [0.1, 0.15) is 11.5 Å². The van der Waals surface area contributed by atoms with E-state index in [1.807, 2.05) is 20.0 Å². The first-order valence-electron chi connectivity index (χ1n) is 6.30. The highest BCUT2D eigenvalue weighted by atomic mass is 16.5. The van der Waals surface area contributed by atoms with Gasteiger partial charge < -0.3 is 20.1 Å². The summed E-state index contributed by atoms with van der Waals surface area (Å²) >= 11 is 0. The summed E-state index contributed by atoms with van der Waals surface area (Å²) in [4.78, 5) is 0. The smallest absolute Gasteiger partial charge is 0.128 e. The minimum atomic E-state index is 0.874. The minimum Gasteiger partial charge on any atom is -0.496 e. The number of hydrogen-bond donors (Lipinski definition) is 2. The molecule has 0 atom stereocenters. The monoisotopic (exact) mass is 252 g/mol. The Morgan fingerprint density at radius 1 is 1.06 bits per heavy atom. The molecule has 102 valence electrons. The third-order valence-electron chi connectivity index (χ3n) is 2.98. The van der Waals surface area contributed by atoms with E-state index in [4.69, 9.17) is 9.47 Å². The number of benzene rings is 1. The molecule has 0 saturated carbocycles. The first-order chi connectivity index (χ1) is 8.74. The van der Waals surface area contributed by atoms with E-state index in [2.05, 4.69) is 16.7 Å². The maximum absolute atomic E-state index is 5.48. The van der Waals surface area contributed by atoms with Crippen LogP contribution < -0.4 is 20.1 Å². The van der Waals surface area contributed by atoms with Gasteiger partial charge in [0.05, 0.1) is 14.2 Å². The van der Waals surface area contributed by atoms with Crippen LogP contribution in [0.15, 0.2) is 12.1 Å². The molecule has 1 aromatic rings.